The van der Waals surface area contributed by atoms with E-state index in [1.165, 1.54) is 20.0 Å². The molecule has 0 aromatic heterocycles. The van der Waals surface area contributed by atoms with Gasteiger partial charge in [-0.15, -0.1) is 0 Å². The van der Waals surface area contributed by atoms with Gasteiger partial charge in [-0.3, -0.25) is 14.5 Å². The Morgan fingerprint density at radius 3 is 2.58 bits per heavy atom. The molecule has 1 saturated heterocycles. The quantitative estimate of drug-likeness (QED) is 0.575. The van der Waals surface area contributed by atoms with Gasteiger partial charge in [0.2, 0.25) is 5.91 Å². The van der Waals surface area contributed by atoms with Crippen LogP contribution in [0.2, 0.25) is 0 Å². The summed E-state index contributed by atoms with van der Waals surface area (Å²) in [5.74, 6) is 0.535. The summed E-state index contributed by atoms with van der Waals surface area (Å²) in [5, 5.41) is 3.02. The van der Waals surface area contributed by atoms with Gasteiger partial charge in [-0.05, 0) is 43.2 Å². The number of hydrogen-bond donors (Lipinski definition) is 1. The molecular weight excluding hydrogens is 328 g/mol. The second kappa shape index (κ2) is 8.99. The topological polar surface area (TPSA) is 58.6 Å². The first kappa shape index (κ1) is 18.6. The number of methoxy groups -OCH3 is 1. The number of nitrogens with one attached hydrogen (secondary N) is 1. The van der Waals surface area contributed by atoms with E-state index in [4.69, 9.17) is 4.74 Å². The van der Waals surface area contributed by atoms with E-state index in [0.717, 1.165) is 30.9 Å². The summed E-state index contributed by atoms with van der Waals surface area (Å²) in [7, 11) is 1.44. The minimum Gasteiger partial charge on any atom is -0.469 e. The van der Waals surface area contributed by atoms with Crippen LogP contribution in [0.3, 0.4) is 0 Å². The monoisotopic (exact) mass is 356 g/mol. The molecule has 1 saturated carbocycles. The highest BCUT2D eigenvalue weighted by atomic mass is 16.5. The standard InChI is InChI=1S/C21H28N2O3/c1-26-21(25)13-18-10-11-19(23(18)15-17-7-8-17)14-22-20(24)12-9-16-5-3-2-4-6-16/h2-6,9,12,17-19H,7-8,10-11,13-15H2,1H3,(H,22,24)/b12-9+/t18-,19+/m1/s1. The van der Waals surface area contributed by atoms with Gasteiger partial charge in [0.1, 0.15) is 0 Å². The molecular formula is C21H28N2O3. The number of nitrogens with zero attached hydrogens (tertiary/aromatic N) is 1. The van der Waals surface area contributed by atoms with Crippen molar-refractivity contribution in [3.8, 4) is 0 Å². The van der Waals surface area contributed by atoms with Crippen LogP contribution in [0.5, 0.6) is 0 Å². The molecule has 1 aromatic carbocycles. The fourth-order valence-electron chi connectivity index (χ4n) is 3.64. The van der Waals surface area contributed by atoms with E-state index in [9.17, 15) is 9.59 Å². The summed E-state index contributed by atoms with van der Waals surface area (Å²) in [5.41, 5.74) is 1.01. The second-order valence-electron chi connectivity index (χ2n) is 7.29. The van der Waals surface area contributed by atoms with Crippen LogP contribution in [0.1, 0.15) is 37.7 Å². The summed E-state index contributed by atoms with van der Waals surface area (Å²) in [6, 6.07) is 10.3. The predicted molar refractivity (Wildman–Crippen MR) is 101 cm³/mol. The van der Waals surface area contributed by atoms with Gasteiger partial charge in [0.25, 0.3) is 0 Å². The lowest BCUT2D eigenvalue weighted by atomic mass is 10.1. The summed E-state index contributed by atoms with van der Waals surface area (Å²) in [6.45, 7) is 1.66. The van der Waals surface area contributed by atoms with Crippen molar-refractivity contribution < 1.29 is 14.3 Å². The molecule has 0 unspecified atom stereocenters. The highest BCUT2D eigenvalue weighted by molar-refractivity contribution is 5.91. The number of carbonyl (C=O) groups is 2. The Morgan fingerprint density at radius 2 is 1.88 bits per heavy atom. The van der Waals surface area contributed by atoms with E-state index in [1.807, 2.05) is 36.4 Å². The lowest BCUT2D eigenvalue weighted by molar-refractivity contribution is -0.142. The van der Waals surface area contributed by atoms with Gasteiger partial charge < -0.3 is 10.1 Å². The van der Waals surface area contributed by atoms with Crippen LogP contribution in [0.25, 0.3) is 6.08 Å². The van der Waals surface area contributed by atoms with E-state index >= 15 is 0 Å². The number of esters is 1. The van der Waals surface area contributed by atoms with E-state index in [0.29, 0.717) is 19.0 Å². The Labute approximate surface area is 155 Å². The smallest absolute Gasteiger partial charge is 0.307 e. The van der Waals surface area contributed by atoms with Crippen molar-refractivity contribution in [2.45, 2.75) is 44.2 Å². The summed E-state index contributed by atoms with van der Waals surface area (Å²) >= 11 is 0. The molecule has 5 heteroatoms. The SMILES string of the molecule is COC(=O)C[C@H]1CC[C@@H](CNC(=O)/C=C/c2ccccc2)N1CC1CC1. The largest absolute Gasteiger partial charge is 0.469 e. The molecule has 0 radical (unpaired) electrons. The number of hydrogen-bond acceptors (Lipinski definition) is 4. The van der Waals surface area contributed by atoms with Gasteiger partial charge in [0.15, 0.2) is 0 Å². The van der Waals surface area contributed by atoms with Crippen LogP contribution in [-0.4, -0.2) is 49.1 Å². The predicted octanol–water partition coefficient (Wildman–Crippen LogP) is 2.62. The highest BCUT2D eigenvalue weighted by Gasteiger charge is 2.38. The molecule has 1 aromatic rings. The molecule has 2 atom stereocenters. The van der Waals surface area contributed by atoms with Gasteiger partial charge in [-0.2, -0.15) is 0 Å². The van der Waals surface area contributed by atoms with Crippen LogP contribution in [-0.2, 0) is 14.3 Å². The molecule has 2 aliphatic rings. The Hall–Kier alpha value is -2.14. The lowest BCUT2D eigenvalue weighted by Gasteiger charge is -2.30. The number of rotatable bonds is 8. The molecule has 2 fully saturated rings. The van der Waals surface area contributed by atoms with E-state index < -0.39 is 0 Å². The molecule has 1 aliphatic carbocycles. The van der Waals surface area contributed by atoms with Gasteiger partial charge in [0, 0.05) is 31.2 Å². The molecule has 26 heavy (non-hydrogen) atoms. The zero-order valence-corrected chi connectivity index (χ0v) is 15.4. The van der Waals surface area contributed by atoms with Crippen LogP contribution >= 0.6 is 0 Å². The van der Waals surface area contributed by atoms with E-state index in [2.05, 4.69) is 10.2 Å². The average Bonchev–Trinajstić information content (AvgIpc) is 3.41. The first-order chi connectivity index (χ1) is 12.7. The summed E-state index contributed by atoms with van der Waals surface area (Å²) in [4.78, 5) is 26.2. The zero-order valence-electron chi connectivity index (χ0n) is 15.4. The maximum Gasteiger partial charge on any atom is 0.307 e. The van der Waals surface area contributed by atoms with Crippen molar-refractivity contribution in [3.63, 3.8) is 0 Å². The molecule has 0 spiro atoms. The van der Waals surface area contributed by atoms with Crippen molar-refractivity contribution >= 4 is 18.0 Å². The van der Waals surface area contributed by atoms with Gasteiger partial charge in [-0.1, -0.05) is 30.3 Å². The number of ether oxygens (including phenoxy) is 1. The molecule has 5 nitrogen and oxygen atoms in total. The zero-order chi connectivity index (χ0) is 18.4. The molecule has 140 valence electrons. The molecule has 1 N–H and O–H groups in total. The van der Waals surface area contributed by atoms with Crippen molar-refractivity contribution in [2.75, 3.05) is 20.2 Å². The Balaban J connectivity index is 1.51. The molecule has 0 bridgehead atoms. The minimum atomic E-state index is -0.147. The fraction of sp³-hybridized carbons (Fsp3) is 0.524. The third-order valence-electron chi connectivity index (χ3n) is 5.31. The average molecular weight is 356 g/mol. The molecule has 1 amide bonds. The van der Waals surface area contributed by atoms with E-state index in [1.54, 1.807) is 6.08 Å². The van der Waals surface area contributed by atoms with Crippen molar-refractivity contribution in [1.29, 1.82) is 0 Å². The Kier molecular flexibility index (Phi) is 6.45. The van der Waals surface area contributed by atoms with Crippen molar-refractivity contribution in [2.24, 2.45) is 5.92 Å². The molecule has 1 heterocycles. The van der Waals surface area contributed by atoms with Crippen LogP contribution < -0.4 is 5.32 Å². The summed E-state index contributed by atoms with van der Waals surface area (Å²) < 4.78 is 4.84. The van der Waals surface area contributed by atoms with Crippen LogP contribution in [0, 0.1) is 5.92 Å². The number of carbonyl (C=O) groups excluding carboxylic acids is 2. The first-order valence-corrected chi connectivity index (χ1v) is 9.49. The first-order valence-electron chi connectivity index (χ1n) is 9.49. The maximum absolute atomic E-state index is 12.1. The van der Waals surface area contributed by atoms with Crippen LogP contribution in [0.4, 0.5) is 0 Å². The molecule has 1 aliphatic heterocycles. The van der Waals surface area contributed by atoms with Crippen molar-refractivity contribution in [1.82, 2.24) is 10.2 Å². The number of amides is 1. The Bertz CT molecular complexity index is 640. The fourth-order valence-corrected chi connectivity index (χ4v) is 3.64. The lowest BCUT2D eigenvalue weighted by Crippen LogP contribution is -2.44. The van der Waals surface area contributed by atoms with Crippen LogP contribution in [0.15, 0.2) is 36.4 Å². The highest BCUT2D eigenvalue weighted by Crippen LogP contribution is 2.35. The third-order valence-corrected chi connectivity index (χ3v) is 5.31. The van der Waals surface area contributed by atoms with Gasteiger partial charge in [0.05, 0.1) is 13.5 Å². The number of likely N-dealkylation sites (tertiary alicyclic amines) is 1. The van der Waals surface area contributed by atoms with E-state index in [-0.39, 0.29) is 17.9 Å². The van der Waals surface area contributed by atoms with Gasteiger partial charge >= 0.3 is 5.97 Å². The normalized spacial score (nSPS) is 23.3. The number of benzene rings is 1. The maximum atomic E-state index is 12.1. The summed E-state index contributed by atoms with van der Waals surface area (Å²) in [6.07, 6.45) is 8.41. The molecule has 3 rings (SSSR count). The third kappa shape index (κ3) is 5.43. The minimum absolute atomic E-state index is 0.0726. The Morgan fingerprint density at radius 1 is 1.15 bits per heavy atom. The van der Waals surface area contributed by atoms with Crippen molar-refractivity contribution in [3.05, 3.63) is 42.0 Å². The second-order valence-corrected chi connectivity index (χ2v) is 7.29. The van der Waals surface area contributed by atoms with Gasteiger partial charge in [-0.25, -0.2) is 0 Å².